The zero-order valence-corrected chi connectivity index (χ0v) is 15.5. The molecule has 1 saturated carbocycles. The maximum atomic E-state index is 12.3. The van der Waals surface area contributed by atoms with E-state index in [1.54, 1.807) is 4.90 Å². The highest BCUT2D eigenvalue weighted by molar-refractivity contribution is 7.90. The fourth-order valence-corrected chi connectivity index (χ4v) is 4.39. The Morgan fingerprint density at radius 3 is 2.65 bits per heavy atom. The predicted octanol–water partition coefficient (Wildman–Crippen LogP) is -0.449. The van der Waals surface area contributed by atoms with Crippen molar-refractivity contribution < 1.29 is 18.0 Å². The zero-order valence-electron chi connectivity index (χ0n) is 14.7. The normalized spacial score (nSPS) is 24.9. The van der Waals surface area contributed by atoms with E-state index in [0.29, 0.717) is 25.5 Å². The number of likely N-dealkylation sites (tertiary alicyclic amines) is 1. The molecule has 1 N–H and O–H groups in total. The van der Waals surface area contributed by atoms with Gasteiger partial charge in [-0.25, -0.2) is 8.42 Å². The average Bonchev–Trinajstić information content (AvgIpc) is 3.11. The summed E-state index contributed by atoms with van der Waals surface area (Å²) in [6, 6.07) is 0.265. The van der Waals surface area contributed by atoms with Crippen molar-refractivity contribution in [3.8, 4) is 0 Å². The maximum Gasteiger partial charge on any atom is 0.289 e. The van der Waals surface area contributed by atoms with Crippen LogP contribution >= 0.6 is 0 Å². The van der Waals surface area contributed by atoms with Crippen molar-refractivity contribution in [3.05, 3.63) is 11.6 Å². The molecule has 2 amide bonds. The van der Waals surface area contributed by atoms with Gasteiger partial charge in [0.05, 0.1) is 5.75 Å². The smallest absolute Gasteiger partial charge is 0.289 e. The van der Waals surface area contributed by atoms with Crippen LogP contribution in [0.1, 0.15) is 48.0 Å². The summed E-state index contributed by atoms with van der Waals surface area (Å²) >= 11 is 0. The second-order valence-corrected chi connectivity index (χ2v) is 9.87. The second kappa shape index (κ2) is 6.33. The van der Waals surface area contributed by atoms with Gasteiger partial charge in [0.1, 0.15) is 15.7 Å². The number of hydrogen-bond acceptors (Lipinski definition) is 6. The molecule has 3 aliphatic rings. The molecule has 3 heterocycles. The summed E-state index contributed by atoms with van der Waals surface area (Å²) in [5.41, 5.74) is 0. The van der Waals surface area contributed by atoms with Crippen molar-refractivity contribution in [2.75, 3.05) is 25.1 Å². The van der Waals surface area contributed by atoms with E-state index in [4.69, 9.17) is 0 Å². The first kappa shape index (κ1) is 17.4. The molecule has 26 heavy (non-hydrogen) atoms. The van der Waals surface area contributed by atoms with Crippen LogP contribution in [0.3, 0.4) is 0 Å². The Hall–Kier alpha value is -1.97. The lowest BCUT2D eigenvalue weighted by molar-refractivity contribution is -0.129. The van der Waals surface area contributed by atoms with Crippen molar-refractivity contribution >= 4 is 21.7 Å². The molecule has 4 rings (SSSR count). The molecule has 1 aromatic heterocycles. The number of nitrogens with one attached hydrogen (secondary N) is 1. The number of rotatable bonds is 5. The van der Waals surface area contributed by atoms with E-state index < -0.39 is 9.84 Å². The van der Waals surface area contributed by atoms with Crippen LogP contribution in [-0.2, 0) is 21.2 Å². The fourth-order valence-electron chi connectivity index (χ4n) is 3.84. The van der Waals surface area contributed by atoms with Crippen LogP contribution in [0.2, 0.25) is 0 Å². The maximum absolute atomic E-state index is 12.3. The van der Waals surface area contributed by atoms with Gasteiger partial charge in [0.2, 0.25) is 11.7 Å². The first-order valence-corrected chi connectivity index (χ1v) is 11.1. The lowest BCUT2D eigenvalue weighted by Gasteiger charge is -2.24. The minimum Gasteiger partial charge on any atom is -0.347 e. The molecule has 0 bridgehead atoms. The largest absolute Gasteiger partial charge is 0.347 e. The highest BCUT2D eigenvalue weighted by atomic mass is 32.2. The van der Waals surface area contributed by atoms with Crippen LogP contribution in [0.15, 0.2) is 0 Å². The van der Waals surface area contributed by atoms with E-state index in [1.165, 1.54) is 0 Å². The van der Waals surface area contributed by atoms with Gasteiger partial charge in [-0.15, -0.1) is 10.2 Å². The third kappa shape index (κ3) is 3.46. The minimum atomic E-state index is -3.15. The van der Waals surface area contributed by atoms with Crippen LogP contribution < -0.4 is 5.32 Å². The van der Waals surface area contributed by atoms with Gasteiger partial charge in [0.25, 0.3) is 5.91 Å². The fraction of sp³-hybridized carbons (Fsp3) is 0.750. The lowest BCUT2D eigenvalue weighted by atomic mass is 9.89. The molecule has 1 saturated heterocycles. The molecule has 2 aliphatic heterocycles. The number of amides is 2. The summed E-state index contributed by atoms with van der Waals surface area (Å²) in [7, 11) is -3.15. The molecular weight excluding hydrogens is 358 g/mol. The SMILES string of the molecule is CS(=O)(=O)CCC(=O)N1C[C@H]2CCn3c(C(=O)NC4CC4)nnc3[C@@H]2C1. The molecule has 0 radical (unpaired) electrons. The van der Waals surface area contributed by atoms with E-state index in [0.717, 1.165) is 31.3 Å². The molecule has 2 fully saturated rings. The molecule has 1 aliphatic carbocycles. The number of hydrogen-bond donors (Lipinski definition) is 1. The molecule has 2 atom stereocenters. The van der Waals surface area contributed by atoms with Gasteiger partial charge < -0.3 is 14.8 Å². The zero-order chi connectivity index (χ0) is 18.5. The number of fused-ring (bicyclic) bond motifs is 3. The molecule has 0 spiro atoms. The topological polar surface area (TPSA) is 114 Å². The lowest BCUT2D eigenvalue weighted by Crippen LogP contribution is -2.31. The Bertz CT molecular complexity index is 845. The first-order valence-electron chi connectivity index (χ1n) is 9.01. The summed E-state index contributed by atoms with van der Waals surface area (Å²) in [5.74, 6) is 1.02. The highest BCUT2D eigenvalue weighted by Gasteiger charge is 2.42. The third-order valence-electron chi connectivity index (χ3n) is 5.43. The van der Waals surface area contributed by atoms with Gasteiger partial charge in [0.15, 0.2) is 0 Å². The monoisotopic (exact) mass is 381 g/mol. The van der Waals surface area contributed by atoms with Crippen LogP contribution in [0, 0.1) is 5.92 Å². The molecule has 0 unspecified atom stereocenters. The van der Waals surface area contributed by atoms with Crippen molar-refractivity contribution in [2.45, 2.75) is 44.2 Å². The Labute approximate surface area is 152 Å². The average molecular weight is 381 g/mol. The first-order chi connectivity index (χ1) is 12.3. The number of carbonyl (C=O) groups excluding carboxylic acids is 2. The molecular formula is C16H23N5O4S. The summed E-state index contributed by atoms with van der Waals surface area (Å²) in [6.07, 6.45) is 4.04. The highest BCUT2D eigenvalue weighted by Crippen LogP contribution is 2.38. The van der Waals surface area contributed by atoms with E-state index in [2.05, 4.69) is 15.5 Å². The summed E-state index contributed by atoms with van der Waals surface area (Å²) in [4.78, 5) is 26.4. The number of sulfone groups is 1. The predicted molar refractivity (Wildman–Crippen MR) is 92.3 cm³/mol. The molecule has 0 aromatic carbocycles. The van der Waals surface area contributed by atoms with E-state index >= 15 is 0 Å². The van der Waals surface area contributed by atoms with E-state index in [-0.39, 0.29) is 41.9 Å². The van der Waals surface area contributed by atoms with Gasteiger partial charge in [-0.1, -0.05) is 0 Å². The van der Waals surface area contributed by atoms with Crippen molar-refractivity contribution in [3.63, 3.8) is 0 Å². The standard InChI is InChI=1S/C16H23N5O4S/c1-26(24,25)7-5-13(22)20-8-10-4-6-21-14(12(10)9-20)18-19-15(21)16(23)17-11-2-3-11/h10-12H,2-9H2,1H3,(H,17,23)/t10-,12-/m1/s1. The van der Waals surface area contributed by atoms with Crippen LogP contribution in [0.5, 0.6) is 0 Å². The Kier molecular flexibility index (Phi) is 4.25. The molecule has 142 valence electrons. The summed E-state index contributed by atoms with van der Waals surface area (Å²) < 4.78 is 24.4. The van der Waals surface area contributed by atoms with E-state index in [9.17, 15) is 18.0 Å². The molecule has 1 aromatic rings. The van der Waals surface area contributed by atoms with Gasteiger partial charge in [-0.2, -0.15) is 0 Å². The van der Waals surface area contributed by atoms with Crippen LogP contribution in [0.4, 0.5) is 0 Å². The van der Waals surface area contributed by atoms with Crippen molar-refractivity contribution in [2.24, 2.45) is 5.92 Å². The Morgan fingerprint density at radius 2 is 1.96 bits per heavy atom. The summed E-state index contributed by atoms with van der Waals surface area (Å²) in [6.45, 7) is 1.79. The molecule has 9 nitrogen and oxygen atoms in total. The number of carbonyl (C=O) groups is 2. The summed E-state index contributed by atoms with van der Waals surface area (Å²) in [5, 5.41) is 11.3. The van der Waals surface area contributed by atoms with Crippen LogP contribution in [0.25, 0.3) is 0 Å². The molecule has 10 heteroatoms. The Balaban J connectivity index is 1.46. The minimum absolute atomic E-state index is 0.0139. The van der Waals surface area contributed by atoms with Crippen molar-refractivity contribution in [1.82, 2.24) is 25.0 Å². The van der Waals surface area contributed by atoms with Gasteiger partial charge >= 0.3 is 0 Å². The number of nitrogens with zero attached hydrogens (tertiary/aromatic N) is 4. The van der Waals surface area contributed by atoms with Gasteiger partial charge in [0, 0.05) is 44.3 Å². The Morgan fingerprint density at radius 1 is 1.19 bits per heavy atom. The van der Waals surface area contributed by atoms with Crippen LogP contribution in [-0.4, -0.2) is 71.0 Å². The van der Waals surface area contributed by atoms with E-state index in [1.807, 2.05) is 4.57 Å². The van der Waals surface area contributed by atoms with Gasteiger partial charge in [-0.05, 0) is 25.2 Å². The van der Waals surface area contributed by atoms with Gasteiger partial charge in [-0.3, -0.25) is 9.59 Å². The third-order valence-corrected chi connectivity index (χ3v) is 6.38. The van der Waals surface area contributed by atoms with Crippen molar-refractivity contribution in [1.29, 1.82) is 0 Å². The number of aromatic nitrogens is 3. The second-order valence-electron chi connectivity index (χ2n) is 7.62. The quantitative estimate of drug-likeness (QED) is 0.739.